The highest BCUT2D eigenvalue weighted by atomic mass is 127. The highest BCUT2D eigenvalue weighted by Crippen LogP contribution is 2.13. The number of ether oxygens (including phenoxy) is 2. The van der Waals surface area contributed by atoms with Crippen molar-refractivity contribution in [3.63, 3.8) is 0 Å². The van der Waals surface area contributed by atoms with Gasteiger partial charge >= 0.3 is 6.16 Å². The number of rotatable bonds is 8. The lowest BCUT2D eigenvalue weighted by Crippen LogP contribution is -2.14. The van der Waals surface area contributed by atoms with Gasteiger partial charge in [-0.2, -0.15) is 0 Å². The van der Waals surface area contributed by atoms with Crippen LogP contribution >= 0.6 is 22.6 Å². The molecule has 0 unspecified atom stereocenters. The molecule has 0 aliphatic carbocycles. The fraction of sp³-hybridized carbons (Fsp3) is 0.562. The topological polar surface area (TPSA) is 35.5 Å². The number of carbonyl (C=O) groups is 1. The number of halogens is 1. The first kappa shape index (κ1) is 17.3. The van der Waals surface area contributed by atoms with Crippen LogP contribution in [0.5, 0.6) is 0 Å². The van der Waals surface area contributed by atoms with Gasteiger partial charge in [-0.1, -0.05) is 45.2 Å². The molecule has 112 valence electrons. The average Bonchev–Trinajstić information content (AvgIpc) is 2.47. The molecular formula is C16H23IO3. The van der Waals surface area contributed by atoms with Gasteiger partial charge in [-0.3, -0.25) is 0 Å². The van der Waals surface area contributed by atoms with Crippen LogP contribution in [0.3, 0.4) is 0 Å². The number of hydrogen-bond acceptors (Lipinski definition) is 3. The Morgan fingerprint density at radius 1 is 1.20 bits per heavy atom. The van der Waals surface area contributed by atoms with Crippen molar-refractivity contribution in [3.8, 4) is 0 Å². The second kappa shape index (κ2) is 10.0. The van der Waals surface area contributed by atoms with Crippen molar-refractivity contribution in [2.75, 3.05) is 6.61 Å². The second-order valence-corrected chi connectivity index (χ2v) is 6.14. The molecule has 4 heteroatoms. The minimum Gasteiger partial charge on any atom is -0.434 e. The summed E-state index contributed by atoms with van der Waals surface area (Å²) in [4.78, 5) is 11.5. The summed E-state index contributed by atoms with van der Waals surface area (Å²) in [6.07, 6.45) is 3.92. The van der Waals surface area contributed by atoms with E-state index in [1.165, 1.54) is 12.8 Å². The third kappa shape index (κ3) is 7.12. The lowest BCUT2D eigenvalue weighted by atomic mass is 10.0. The molecular weight excluding hydrogens is 367 g/mol. The summed E-state index contributed by atoms with van der Waals surface area (Å²) in [5, 5.41) is 0. The number of carbonyl (C=O) groups excluding carboxylic acids is 1. The summed E-state index contributed by atoms with van der Waals surface area (Å²) < 4.78 is 11.4. The quantitative estimate of drug-likeness (QED) is 0.454. The Morgan fingerprint density at radius 3 is 2.50 bits per heavy atom. The third-order valence-electron chi connectivity index (χ3n) is 3.25. The van der Waals surface area contributed by atoms with Crippen LogP contribution in [0.2, 0.25) is 0 Å². The lowest BCUT2D eigenvalue weighted by Gasteiger charge is -2.14. The summed E-state index contributed by atoms with van der Waals surface area (Å²) in [7, 11) is 0. The van der Waals surface area contributed by atoms with E-state index in [1.54, 1.807) is 0 Å². The van der Waals surface area contributed by atoms with Crippen LogP contribution in [0.25, 0.3) is 0 Å². The van der Waals surface area contributed by atoms with Gasteiger partial charge in [-0.25, -0.2) is 4.79 Å². The van der Waals surface area contributed by atoms with Gasteiger partial charge in [0.15, 0.2) is 0 Å². The fourth-order valence-electron chi connectivity index (χ4n) is 1.85. The van der Waals surface area contributed by atoms with E-state index < -0.39 is 6.16 Å². The van der Waals surface area contributed by atoms with Gasteiger partial charge in [-0.15, -0.1) is 0 Å². The molecule has 1 rings (SSSR count). The predicted molar refractivity (Wildman–Crippen MR) is 88.6 cm³/mol. The number of unbranched alkanes of at least 4 members (excludes halogenated alkanes) is 1. The molecule has 1 aromatic rings. The maximum absolute atomic E-state index is 11.5. The molecule has 1 atom stereocenters. The fourth-order valence-corrected chi connectivity index (χ4v) is 2.21. The van der Waals surface area contributed by atoms with Crippen LogP contribution in [-0.4, -0.2) is 12.8 Å². The lowest BCUT2D eigenvalue weighted by molar-refractivity contribution is 0.0377. The highest BCUT2D eigenvalue weighted by molar-refractivity contribution is 14.1. The van der Waals surface area contributed by atoms with Crippen molar-refractivity contribution in [2.45, 2.75) is 46.1 Å². The minimum atomic E-state index is -0.571. The average molecular weight is 390 g/mol. The normalized spacial score (nSPS) is 11.9. The summed E-state index contributed by atoms with van der Waals surface area (Å²) in [5.41, 5.74) is 0.973. The van der Waals surface area contributed by atoms with Gasteiger partial charge in [0.25, 0.3) is 0 Å². The van der Waals surface area contributed by atoms with Crippen molar-refractivity contribution >= 4 is 28.7 Å². The van der Waals surface area contributed by atoms with Gasteiger partial charge in [-0.05, 0) is 52.6 Å². The smallest absolute Gasteiger partial charge is 0.434 e. The Balaban J connectivity index is 2.24. The van der Waals surface area contributed by atoms with E-state index in [0.717, 1.165) is 22.0 Å². The first-order chi connectivity index (χ1) is 9.65. The zero-order valence-electron chi connectivity index (χ0n) is 12.2. The molecule has 20 heavy (non-hydrogen) atoms. The van der Waals surface area contributed by atoms with Crippen molar-refractivity contribution in [2.24, 2.45) is 5.92 Å². The molecule has 0 fully saturated rings. The molecule has 0 aliphatic rings. The summed E-state index contributed by atoms with van der Waals surface area (Å²) in [6.45, 7) is 5.02. The molecule has 3 nitrogen and oxygen atoms in total. The zero-order valence-corrected chi connectivity index (χ0v) is 14.4. The number of benzene rings is 1. The molecule has 0 bridgehead atoms. The standard InChI is InChI=1S/C16H23IO3/c1-3-5-6-13(4-2)11-19-16(18)20-12-14-7-9-15(17)10-8-14/h7-10,13H,3-6,11-12H2,1-2H3/t13-/m0/s1. The Bertz CT molecular complexity index is 389. The minimum absolute atomic E-state index is 0.265. The molecule has 0 N–H and O–H groups in total. The third-order valence-corrected chi connectivity index (χ3v) is 3.97. The largest absolute Gasteiger partial charge is 0.508 e. The summed E-state index contributed by atoms with van der Waals surface area (Å²) in [6, 6.07) is 7.88. The van der Waals surface area contributed by atoms with Gasteiger partial charge < -0.3 is 9.47 Å². The van der Waals surface area contributed by atoms with Gasteiger partial charge in [0.1, 0.15) is 6.61 Å². The van der Waals surface area contributed by atoms with Crippen LogP contribution in [-0.2, 0) is 16.1 Å². The van der Waals surface area contributed by atoms with E-state index in [4.69, 9.17) is 9.47 Å². The molecule has 0 saturated heterocycles. The molecule has 0 aliphatic heterocycles. The maximum Gasteiger partial charge on any atom is 0.508 e. The van der Waals surface area contributed by atoms with Crippen LogP contribution in [0, 0.1) is 9.49 Å². The monoisotopic (exact) mass is 390 g/mol. The van der Waals surface area contributed by atoms with E-state index in [-0.39, 0.29) is 6.61 Å². The van der Waals surface area contributed by atoms with E-state index >= 15 is 0 Å². The Hall–Kier alpha value is -0.780. The van der Waals surface area contributed by atoms with Crippen LogP contribution in [0.1, 0.15) is 45.1 Å². The molecule has 0 radical (unpaired) electrons. The van der Waals surface area contributed by atoms with E-state index in [1.807, 2.05) is 24.3 Å². The Labute approximate surface area is 135 Å². The van der Waals surface area contributed by atoms with Gasteiger partial charge in [0.2, 0.25) is 0 Å². The van der Waals surface area contributed by atoms with Crippen LogP contribution < -0.4 is 0 Å². The predicted octanol–water partition coefficient (Wildman–Crippen LogP) is 5.16. The highest BCUT2D eigenvalue weighted by Gasteiger charge is 2.10. The first-order valence-corrected chi connectivity index (χ1v) is 8.27. The molecule has 0 spiro atoms. The molecule has 0 amide bonds. The molecule has 0 saturated carbocycles. The first-order valence-electron chi connectivity index (χ1n) is 7.19. The van der Waals surface area contributed by atoms with Crippen LogP contribution in [0.4, 0.5) is 4.79 Å². The maximum atomic E-state index is 11.5. The van der Waals surface area contributed by atoms with Gasteiger partial charge in [0.05, 0.1) is 6.61 Å². The van der Waals surface area contributed by atoms with E-state index in [9.17, 15) is 4.79 Å². The molecule has 1 aromatic carbocycles. The number of hydrogen-bond donors (Lipinski definition) is 0. The molecule has 0 heterocycles. The van der Waals surface area contributed by atoms with Crippen molar-refractivity contribution in [1.29, 1.82) is 0 Å². The zero-order chi connectivity index (χ0) is 14.8. The Kier molecular flexibility index (Phi) is 8.65. The molecule has 0 aromatic heterocycles. The van der Waals surface area contributed by atoms with E-state index in [0.29, 0.717) is 12.5 Å². The summed E-state index contributed by atoms with van der Waals surface area (Å²) >= 11 is 2.24. The SMILES string of the molecule is CCCC[C@H](CC)COC(=O)OCc1ccc(I)cc1. The summed E-state index contributed by atoms with van der Waals surface area (Å²) in [5.74, 6) is 0.445. The van der Waals surface area contributed by atoms with Crippen molar-refractivity contribution < 1.29 is 14.3 Å². The second-order valence-electron chi connectivity index (χ2n) is 4.89. The van der Waals surface area contributed by atoms with Gasteiger partial charge in [0, 0.05) is 3.57 Å². The van der Waals surface area contributed by atoms with E-state index in [2.05, 4.69) is 36.4 Å². The Morgan fingerprint density at radius 2 is 1.90 bits per heavy atom. The van der Waals surface area contributed by atoms with Crippen molar-refractivity contribution in [3.05, 3.63) is 33.4 Å². The van der Waals surface area contributed by atoms with Crippen LogP contribution in [0.15, 0.2) is 24.3 Å². The van der Waals surface area contributed by atoms with Crippen molar-refractivity contribution in [1.82, 2.24) is 0 Å².